The van der Waals surface area contributed by atoms with Crippen molar-refractivity contribution in [2.24, 2.45) is 0 Å². The lowest BCUT2D eigenvalue weighted by atomic mass is 10.1. The van der Waals surface area contributed by atoms with Gasteiger partial charge in [-0.05, 0) is 30.2 Å². The standard InChI is InChI=1S/C19H22ClN3O2/c20-17-5-1-3-15(13-17)6-7-18(24)22-14-16-4-2-8-21-19(16)23-9-11-25-12-10-23/h1-5,8,13H,6-7,9-12,14H2,(H,22,24). The van der Waals surface area contributed by atoms with Crippen LogP contribution in [0.25, 0.3) is 0 Å². The summed E-state index contributed by atoms with van der Waals surface area (Å²) in [5, 5.41) is 3.69. The largest absolute Gasteiger partial charge is 0.378 e. The van der Waals surface area contributed by atoms with Crippen LogP contribution in [0.2, 0.25) is 5.02 Å². The van der Waals surface area contributed by atoms with Crippen LogP contribution in [0.5, 0.6) is 0 Å². The predicted molar refractivity (Wildman–Crippen MR) is 98.9 cm³/mol. The first-order valence-electron chi connectivity index (χ1n) is 8.50. The summed E-state index contributed by atoms with van der Waals surface area (Å²) in [6.07, 6.45) is 2.90. The van der Waals surface area contributed by atoms with E-state index >= 15 is 0 Å². The van der Waals surface area contributed by atoms with Crippen molar-refractivity contribution in [3.8, 4) is 0 Å². The molecule has 1 amide bonds. The number of nitrogens with one attached hydrogen (secondary N) is 1. The zero-order valence-electron chi connectivity index (χ0n) is 14.1. The molecule has 5 nitrogen and oxygen atoms in total. The topological polar surface area (TPSA) is 54.5 Å². The van der Waals surface area contributed by atoms with Crippen molar-refractivity contribution in [3.63, 3.8) is 0 Å². The predicted octanol–water partition coefficient (Wildman–Crippen LogP) is 2.82. The van der Waals surface area contributed by atoms with Crippen LogP contribution in [0.4, 0.5) is 5.82 Å². The van der Waals surface area contributed by atoms with E-state index in [2.05, 4.69) is 15.2 Å². The molecule has 0 bridgehead atoms. The maximum absolute atomic E-state index is 12.2. The fourth-order valence-electron chi connectivity index (χ4n) is 2.86. The van der Waals surface area contributed by atoms with E-state index in [4.69, 9.17) is 16.3 Å². The number of amides is 1. The highest BCUT2D eigenvalue weighted by atomic mass is 35.5. The molecule has 6 heteroatoms. The van der Waals surface area contributed by atoms with Crippen LogP contribution in [-0.2, 0) is 22.5 Å². The summed E-state index contributed by atoms with van der Waals surface area (Å²) in [4.78, 5) is 18.9. The van der Waals surface area contributed by atoms with Crippen molar-refractivity contribution in [3.05, 3.63) is 58.7 Å². The Kier molecular flexibility index (Phi) is 6.25. The molecule has 132 valence electrons. The molecule has 0 unspecified atom stereocenters. The number of morpholine rings is 1. The molecule has 0 atom stereocenters. The van der Waals surface area contributed by atoms with Crippen molar-refractivity contribution >= 4 is 23.3 Å². The molecule has 1 saturated heterocycles. The maximum Gasteiger partial charge on any atom is 0.220 e. The number of aromatic nitrogens is 1. The molecule has 1 aromatic heterocycles. The van der Waals surface area contributed by atoms with Gasteiger partial charge in [0.2, 0.25) is 5.91 Å². The molecular formula is C19H22ClN3O2. The van der Waals surface area contributed by atoms with Gasteiger partial charge in [-0.25, -0.2) is 4.98 Å². The van der Waals surface area contributed by atoms with Crippen LogP contribution >= 0.6 is 11.6 Å². The average molecular weight is 360 g/mol. The minimum atomic E-state index is 0.0248. The Morgan fingerprint density at radius 2 is 2.08 bits per heavy atom. The first kappa shape index (κ1) is 17.7. The number of rotatable bonds is 6. The second-order valence-corrected chi connectivity index (χ2v) is 6.43. The molecule has 0 spiro atoms. The molecule has 0 radical (unpaired) electrons. The number of benzene rings is 1. The summed E-state index contributed by atoms with van der Waals surface area (Å²) in [6.45, 7) is 3.55. The quantitative estimate of drug-likeness (QED) is 0.861. The van der Waals surface area contributed by atoms with E-state index in [-0.39, 0.29) is 5.91 Å². The third-order valence-electron chi connectivity index (χ3n) is 4.18. The maximum atomic E-state index is 12.2. The highest BCUT2D eigenvalue weighted by Gasteiger charge is 2.16. The third-order valence-corrected chi connectivity index (χ3v) is 4.42. The fourth-order valence-corrected chi connectivity index (χ4v) is 3.07. The Labute approximate surface area is 153 Å². The molecule has 1 aliphatic rings. The molecular weight excluding hydrogens is 338 g/mol. The molecule has 2 heterocycles. The molecule has 1 aromatic carbocycles. The van der Waals surface area contributed by atoms with Gasteiger partial charge in [0.05, 0.1) is 13.2 Å². The lowest BCUT2D eigenvalue weighted by Crippen LogP contribution is -2.37. The lowest BCUT2D eigenvalue weighted by Gasteiger charge is -2.29. The van der Waals surface area contributed by atoms with Gasteiger partial charge in [0.15, 0.2) is 0 Å². The Balaban J connectivity index is 1.53. The second-order valence-electron chi connectivity index (χ2n) is 5.99. The van der Waals surface area contributed by atoms with E-state index < -0.39 is 0 Å². The normalized spacial score (nSPS) is 14.4. The number of halogens is 1. The number of hydrogen-bond acceptors (Lipinski definition) is 4. The molecule has 0 saturated carbocycles. The van der Waals surface area contributed by atoms with Gasteiger partial charge in [-0.2, -0.15) is 0 Å². The summed E-state index contributed by atoms with van der Waals surface area (Å²) < 4.78 is 5.39. The number of aryl methyl sites for hydroxylation is 1. The molecule has 1 fully saturated rings. The van der Waals surface area contributed by atoms with Crippen molar-refractivity contribution < 1.29 is 9.53 Å². The Hall–Kier alpha value is -2.11. The molecule has 1 N–H and O–H groups in total. The van der Waals surface area contributed by atoms with Gasteiger partial charge in [-0.1, -0.05) is 29.8 Å². The summed E-state index contributed by atoms with van der Waals surface area (Å²) in [7, 11) is 0. The summed E-state index contributed by atoms with van der Waals surface area (Å²) in [5.74, 6) is 0.956. The minimum Gasteiger partial charge on any atom is -0.378 e. The lowest BCUT2D eigenvalue weighted by molar-refractivity contribution is -0.121. The van der Waals surface area contributed by atoms with Crippen LogP contribution in [0.1, 0.15) is 17.5 Å². The summed E-state index contributed by atoms with van der Waals surface area (Å²) in [5.41, 5.74) is 2.10. The summed E-state index contributed by atoms with van der Waals surface area (Å²) in [6, 6.07) is 11.5. The van der Waals surface area contributed by atoms with Crippen LogP contribution in [0.3, 0.4) is 0 Å². The number of hydrogen-bond donors (Lipinski definition) is 1. The molecule has 1 aliphatic heterocycles. The van der Waals surface area contributed by atoms with Gasteiger partial charge in [-0.15, -0.1) is 0 Å². The van der Waals surface area contributed by atoms with E-state index in [0.717, 1.165) is 30.0 Å². The van der Waals surface area contributed by atoms with Crippen molar-refractivity contribution in [2.75, 3.05) is 31.2 Å². The van der Waals surface area contributed by atoms with Gasteiger partial charge in [0, 0.05) is 42.8 Å². The Bertz CT molecular complexity index is 717. The number of pyridine rings is 1. The molecule has 2 aromatic rings. The monoisotopic (exact) mass is 359 g/mol. The van der Waals surface area contributed by atoms with E-state index in [1.807, 2.05) is 36.4 Å². The number of ether oxygens (including phenoxy) is 1. The van der Waals surface area contributed by atoms with E-state index in [1.54, 1.807) is 6.20 Å². The highest BCUT2D eigenvalue weighted by molar-refractivity contribution is 6.30. The van der Waals surface area contributed by atoms with Crippen LogP contribution in [0.15, 0.2) is 42.6 Å². The second kappa shape index (κ2) is 8.83. The van der Waals surface area contributed by atoms with Gasteiger partial charge in [0.25, 0.3) is 0 Å². The first-order chi connectivity index (χ1) is 12.2. The number of carbonyl (C=O) groups excluding carboxylic acids is 1. The van der Waals surface area contributed by atoms with E-state index in [9.17, 15) is 4.79 Å². The third kappa shape index (κ3) is 5.18. The number of anilines is 1. The van der Waals surface area contributed by atoms with Gasteiger partial charge >= 0.3 is 0 Å². The molecule has 0 aliphatic carbocycles. The van der Waals surface area contributed by atoms with Crippen LogP contribution < -0.4 is 10.2 Å². The van der Waals surface area contributed by atoms with Crippen LogP contribution in [0, 0.1) is 0 Å². The SMILES string of the molecule is O=C(CCc1cccc(Cl)c1)NCc1cccnc1N1CCOCC1. The van der Waals surface area contributed by atoms with E-state index in [1.165, 1.54) is 0 Å². The Morgan fingerprint density at radius 1 is 1.24 bits per heavy atom. The fraction of sp³-hybridized carbons (Fsp3) is 0.368. The first-order valence-corrected chi connectivity index (χ1v) is 8.88. The highest BCUT2D eigenvalue weighted by Crippen LogP contribution is 2.18. The molecule has 25 heavy (non-hydrogen) atoms. The number of nitrogens with zero attached hydrogens (tertiary/aromatic N) is 2. The molecule has 3 rings (SSSR count). The van der Waals surface area contributed by atoms with Gasteiger partial charge in [-0.3, -0.25) is 4.79 Å². The smallest absolute Gasteiger partial charge is 0.220 e. The van der Waals surface area contributed by atoms with Gasteiger partial charge in [0.1, 0.15) is 5.82 Å². The van der Waals surface area contributed by atoms with Crippen LogP contribution in [-0.4, -0.2) is 37.2 Å². The minimum absolute atomic E-state index is 0.0248. The zero-order valence-corrected chi connectivity index (χ0v) is 14.8. The average Bonchev–Trinajstić information content (AvgIpc) is 2.66. The van der Waals surface area contributed by atoms with Gasteiger partial charge < -0.3 is 15.0 Å². The zero-order chi connectivity index (χ0) is 17.5. The van der Waals surface area contributed by atoms with Crippen molar-refractivity contribution in [1.29, 1.82) is 0 Å². The number of carbonyl (C=O) groups is 1. The Morgan fingerprint density at radius 3 is 2.88 bits per heavy atom. The summed E-state index contributed by atoms with van der Waals surface area (Å²) >= 11 is 5.97. The van der Waals surface area contributed by atoms with Crippen molar-refractivity contribution in [2.45, 2.75) is 19.4 Å². The van der Waals surface area contributed by atoms with E-state index in [0.29, 0.717) is 37.6 Å². The van der Waals surface area contributed by atoms with Crippen molar-refractivity contribution in [1.82, 2.24) is 10.3 Å².